The minimum Gasteiger partial charge on any atom is -0.398 e. The number of nitrogens with zero attached hydrogens (tertiary/aromatic N) is 1. The highest BCUT2D eigenvalue weighted by molar-refractivity contribution is 5.93. The van der Waals surface area contributed by atoms with Gasteiger partial charge in [0, 0.05) is 11.3 Å². The SMILES string of the molecule is N#Cc1cc(C(N)=O)ccc1N. The second kappa shape index (κ2) is 2.93. The van der Waals surface area contributed by atoms with Crippen LogP contribution in [-0.4, -0.2) is 5.91 Å². The summed E-state index contributed by atoms with van der Waals surface area (Å²) in [6.07, 6.45) is 0. The average molecular weight is 161 g/mol. The van der Waals surface area contributed by atoms with Crippen LogP contribution in [0.1, 0.15) is 15.9 Å². The van der Waals surface area contributed by atoms with Gasteiger partial charge in [0.15, 0.2) is 0 Å². The molecule has 0 aliphatic carbocycles. The molecule has 0 saturated carbocycles. The number of rotatable bonds is 1. The van der Waals surface area contributed by atoms with Crippen molar-refractivity contribution in [2.75, 3.05) is 5.73 Å². The first-order valence-electron chi connectivity index (χ1n) is 3.24. The van der Waals surface area contributed by atoms with Crippen molar-refractivity contribution < 1.29 is 4.79 Å². The number of primary amides is 1. The van der Waals surface area contributed by atoms with E-state index in [-0.39, 0.29) is 5.56 Å². The quantitative estimate of drug-likeness (QED) is 0.577. The molecule has 0 unspecified atom stereocenters. The lowest BCUT2D eigenvalue weighted by Crippen LogP contribution is -2.11. The molecular formula is C8H7N3O. The number of anilines is 1. The molecule has 4 nitrogen and oxygen atoms in total. The van der Waals surface area contributed by atoms with Crippen molar-refractivity contribution in [2.45, 2.75) is 0 Å². The van der Waals surface area contributed by atoms with Crippen LogP contribution in [0.4, 0.5) is 5.69 Å². The maximum atomic E-state index is 10.7. The van der Waals surface area contributed by atoms with Gasteiger partial charge in [-0.1, -0.05) is 0 Å². The molecule has 0 aliphatic heterocycles. The van der Waals surface area contributed by atoms with Gasteiger partial charge in [-0.05, 0) is 18.2 Å². The highest BCUT2D eigenvalue weighted by Crippen LogP contribution is 2.12. The molecular weight excluding hydrogens is 154 g/mol. The van der Waals surface area contributed by atoms with Crippen LogP contribution in [0.25, 0.3) is 0 Å². The van der Waals surface area contributed by atoms with Crippen molar-refractivity contribution in [3.05, 3.63) is 29.3 Å². The van der Waals surface area contributed by atoms with Crippen LogP contribution in [0.5, 0.6) is 0 Å². The molecule has 1 amide bonds. The lowest BCUT2D eigenvalue weighted by molar-refractivity contribution is 0.100. The molecule has 0 bridgehead atoms. The Hall–Kier alpha value is -2.02. The Balaban J connectivity index is 3.25. The topological polar surface area (TPSA) is 92.9 Å². The normalized spacial score (nSPS) is 8.92. The van der Waals surface area contributed by atoms with E-state index in [4.69, 9.17) is 16.7 Å². The van der Waals surface area contributed by atoms with Crippen molar-refractivity contribution in [3.63, 3.8) is 0 Å². The monoisotopic (exact) mass is 161 g/mol. The molecule has 0 fully saturated rings. The zero-order chi connectivity index (χ0) is 9.14. The fraction of sp³-hybridized carbons (Fsp3) is 0. The molecule has 1 aromatic rings. The summed E-state index contributed by atoms with van der Waals surface area (Å²) in [5, 5.41) is 8.54. The van der Waals surface area contributed by atoms with E-state index in [1.165, 1.54) is 18.2 Å². The summed E-state index contributed by atoms with van der Waals surface area (Å²) < 4.78 is 0. The third-order valence-corrected chi connectivity index (χ3v) is 1.46. The van der Waals surface area contributed by atoms with Gasteiger partial charge in [0.2, 0.25) is 5.91 Å². The number of carbonyl (C=O) groups is 1. The van der Waals surface area contributed by atoms with Gasteiger partial charge < -0.3 is 11.5 Å². The summed E-state index contributed by atoms with van der Waals surface area (Å²) in [6.45, 7) is 0. The first-order valence-corrected chi connectivity index (χ1v) is 3.24. The van der Waals surface area contributed by atoms with E-state index in [1.807, 2.05) is 6.07 Å². The third kappa shape index (κ3) is 1.35. The smallest absolute Gasteiger partial charge is 0.248 e. The fourth-order valence-electron chi connectivity index (χ4n) is 0.806. The Morgan fingerprint density at radius 1 is 1.50 bits per heavy atom. The summed E-state index contributed by atoms with van der Waals surface area (Å²) in [7, 11) is 0. The van der Waals surface area contributed by atoms with Gasteiger partial charge >= 0.3 is 0 Å². The predicted molar refractivity (Wildman–Crippen MR) is 44.1 cm³/mol. The Morgan fingerprint density at radius 2 is 2.17 bits per heavy atom. The van der Waals surface area contributed by atoms with Crippen LogP contribution >= 0.6 is 0 Å². The van der Waals surface area contributed by atoms with Crippen LogP contribution in [0.3, 0.4) is 0 Å². The van der Waals surface area contributed by atoms with Gasteiger partial charge in [-0.25, -0.2) is 0 Å². The van der Waals surface area contributed by atoms with Gasteiger partial charge in [-0.2, -0.15) is 5.26 Å². The fourth-order valence-corrected chi connectivity index (χ4v) is 0.806. The van der Waals surface area contributed by atoms with Crippen molar-refractivity contribution in [1.82, 2.24) is 0 Å². The summed E-state index contributed by atoms with van der Waals surface area (Å²) in [5.41, 5.74) is 11.3. The van der Waals surface area contributed by atoms with Crippen molar-refractivity contribution in [2.24, 2.45) is 5.73 Å². The van der Waals surface area contributed by atoms with Gasteiger partial charge in [0.1, 0.15) is 6.07 Å². The highest BCUT2D eigenvalue weighted by Gasteiger charge is 2.03. The van der Waals surface area contributed by atoms with Gasteiger partial charge in [-0.15, -0.1) is 0 Å². The molecule has 4 N–H and O–H groups in total. The molecule has 1 rings (SSSR count). The molecule has 0 aromatic heterocycles. The van der Waals surface area contributed by atoms with E-state index in [0.29, 0.717) is 11.3 Å². The molecule has 60 valence electrons. The lowest BCUT2D eigenvalue weighted by Gasteiger charge is -1.98. The molecule has 0 aliphatic rings. The molecule has 12 heavy (non-hydrogen) atoms. The van der Waals surface area contributed by atoms with E-state index in [2.05, 4.69) is 0 Å². The van der Waals surface area contributed by atoms with Gasteiger partial charge in [-0.3, -0.25) is 4.79 Å². The number of benzene rings is 1. The maximum absolute atomic E-state index is 10.7. The van der Waals surface area contributed by atoms with Gasteiger partial charge in [0.25, 0.3) is 0 Å². The van der Waals surface area contributed by atoms with E-state index in [0.717, 1.165) is 0 Å². The molecule has 0 atom stereocenters. The minimum atomic E-state index is -0.563. The first-order chi connectivity index (χ1) is 5.65. The first kappa shape index (κ1) is 8.08. The number of amides is 1. The molecule has 0 heterocycles. The Morgan fingerprint density at radius 3 is 2.67 bits per heavy atom. The molecule has 0 spiro atoms. The largest absolute Gasteiger partial charge is 0.398 e. The third-order valence-electron chi connectivity index (χ3n) is 1.46. The number of nitriles is 1. The predicted octanol–water partition coefficient (Wildman–Crippen LogP) is 0.239. The number of nitrogens with two attached hydrogens (primary N) is 2. The average Bonchev–Trinajstić information content (AvgIpc) is 2.05. The van der Waals surface area contributed by atoms with E-state index in [9.17, 15) is 4.79 Å². The number of hydrogen-bond donors (Lipinski definition) is 2. The van der Waals surface area contributed by atoms with E-state index >= 15 is 0 Å². The van der Waals surface area contributed by atoms with Crippen LogP contribution in [-0.2, 0) is 0 Å². The Kier molecular flexibility index (Phi) is 1.97. The standard InChI is InChI=1S/C8H7N3O/c9-4-6-3-5(8(11)12)1-2-7(6)10/h1-3H,10H2,(H2,11,12). The van der Waals surface area contributed by atoms with Crippen molar-refractivity contribution in [1.29, 1.82) is 5.26 Å². The summed E-state index contributed by atoms with van der Waals surface area (Å²) >= 11 is 0. The Labute approximate surface area is 69.4 Å². The van der Waals surface area contributed by atoms with Crippen LogP contribution in [0.15, 0.2) is 18.2 Å². The van der Waals surface area contributed by atoms with Crippen LogP contribution in [0, 0.1) is 11.3 Å². The zero-order valence-corrected chi connectivity index (χ0v) is 6.24. The second-order valence-electron chi connectivity index (χ2n) is 2.28. The minimum absolute atomic E-state index is 0.270. The Bertz CT molecular complexity index is 365. The number of carbonyl (C=O) groups excluding carboxylic acids is 1. The summed E-state index contributed by atoms with van der Waals surface area (Å²) in [4.78, 5) is 10.7. The summed E-state index contributed by atoms with van der Waals surface area (Å²) in [5.74, 6) is -0.563. The molecule has 0 saturated heterocycles. The zero-order valence-electron chi connectivity index (χ0n) is 6.24. The highest BCUT2D eigenvalue weighted by atomic mass is 16.1. The van der Waals surface area contributed by atoms with Crippen LogP contribution in [0.2, 0.25) is 0 Å². The number of nitrogen functional groups attached to an aromatic ring is 1. The molecule has 4 heteroatoms. The lowest BCUT2D eigenvalue weighted by atomic mass is 10.1. The van der Waals surface area contributed by atoms with E-state index in [1.54, 1.807) is 0 Å². The van der Waals surface area contributed by atoms with Crippen molar-refractivity contribution >= 4 is 11.6 Å². The van der Waals surface area contributed by atoms with Crippen LogP contribution < -0.4 is 11.5 Å². The second-order valence-corrected chi connectivity index (χ2v) is 2.28. The molecule has 0 radical (unpaired) electrons. The summed E-state index contributed by atoms with van der Waals surface area (Å²) in [6, 6.07) is 6.20. The van der Waals surface area contributed by atoms with Crippen molar-refractivity contribution in [3.8, 4) is 6.07 Å². The van der Waals surface area contributed by atoms with Gasteiger partial charge in [0.05, 0.1) is 5.56 Å². The number of hydrogen-bond acceptors (Lipinski definition) is 3. The van der Waals surface area contributed by atoms with E-state index < -0.39 is 5.91 Å². The molecule has 1 aromatic carbocycles. The maximum Gasteiger partial charge on any atom is 0.248 e.